The van der Waals surface area contributed by atoms with Crippen molar-refractivity contribution in [2.75, 3.05) is 47.0 Å². The first-order valence-electron chi connectivity index (χ1n) is 13.1. The zero-order chi connectivity index (χ0) is 27.9. The lowest BCUT2D eigenvalue weighted by Gasteiger charge is -2.30. The van der Waals surface area contributed by atoms with Crippen molar-refractivity contribution in [1.82, 2.24) is 25.3 Å². The van der Waals surface area contributed by atoms with Crippen molar-refractivity contribution in [2.24, 2.45) is 5.92 Å². The Bertz CT molecular complexity index is 1250. The molecular weight excluding hydrogens is 502 g/mol. The third kappa shape index (κ3) is 6.85. The fourth-order valence-corrected chi connectivity index (χ4v) is 4.65. The number of piperidine rings is 1. The van der Waals surface area contributed by atoms with E-state index in [1.165, 1.54) is 7.11 Å². The highest BCUT2D eigenvalue weighted by atomic mass is 16.5. The van der Waals surface area contributed by atoms with Gasteiger partial charge in [0.1, 0.15) is 24.2 Å². The third-order valence-corrected chi connectivity index (χ3v) is 6.85. The molecule has 11 heteroatoms. The van der Waals surface area contributed by atoms with Crippen LogP contribution >= 0.6 is 0 Å². The van der Waals surface area contributed by atoms with Crippen molar-refractivity contribution in [1.29, 1.82) is 0 Å². The van der Waals surface area contributed by atoms with Gasteiger partial charge in [-0.15, -0.1) is 0 Å². The van der Waals surface area contributed by atoms with E-state index >= 15 is 0 Å². The van der Waals surface area contributed by atoms with Crippen molar-refractivity contribution in [3.63, 3.8) is 0 Å². The Labute approximate surface area is 228 Å². The number of carbonyl (C=O) groups excluding carboxylic acids is 1. The lowest BCUT2D eigenvalue weighted by molar-refractivity contribution is 0.0958. The lowest BCUT2D eigenvalue weighted by atomic mass is 9.98. The smallest absolute Gasteiger partial charge is 0.409 e. The number of nitrogens with zero attached hydrogens (tertiary/aromatic N) is 4. The minimum Gasteiger partial charge on any atom is -0.491 e. The number of methoxy groups -OCH3 is 1. The molecule has 0 spiro atoms. The van der Waals surface area contributed by atoms with Gasteiger partial charge in [-0.1, -0.05) is 17.3 Å². The normalized spacial score (nSPS) is 14.8. The fraction of sp³-hybridized carbons (Fsp3) is 0.500. The maximum atomic E-state index is 11.8. The molecule has 1 aliphatic heterocycles. The Balaban J connectivity index is 1.60. The van der Waals surface area contributed by atoms with Gasteiger partial charge >= 0.3 is 6.09 Å². The lowest BCUT2D eigenvalue weighted by Crippen LogP contribution is -2.39. The van der Waals surface area contributed by atoms with Crippen LogP contribution in [-0.4, -0.2) is 84.3 Å². The number of hydrogen-bond donors (Lipinski definition) is 2. The third-order valence-electron chi connectivity index (χ3n) is 6.85. The maximum Gasteiger partial charge on any atom is 0.409 e. The van der Waals surface area contributed by atoms with E-state index in [2.05, 4.69) is 10.5 Å². The van der Waals surface area contributed by atoms with Crippen LogP contribution < -0.4 is 14.8 Å². The van der Waals surface area contributed by atoms with E-state index in [9.17, 15) is 9.90 Å². The Morgan fingerprint density at radius 1 is 1.21 bits per heavy atom. The molecule has 0 bridgehead atoms. The molecule has 1 aromatic carbocycles. The highest BCUT2D eigenvalue weighted by molar-refractivity contribution is 5.72. The first kappa shape index (κ1) is 28.3. The first-order chi connectivity index (χ1) is 18.8. The number of hydrogen-bond acceptors (Lipinski definition) is 10. The van der Waals surface area contributed by atoms with Crippen molar-refractivity contribution >= 4 is 6.09 Å². The fourth-order valence-electron chi connectivity index (χ4n) is 4.65. The summed E-state index contributed by atoms with van der Waals surface area (Å²) in [5.41, 5.74) is 3.79. The number of amides is 1. The molecule has 1 unspecified atom stereocenters. The minimum atomic E-state index is -0.625. The summed E-state index contributed by atoms with van der Waals surface area (Å²) >= 11 is 0. The number of aliphatic hydroxyl groups is 1. The molecule has 3 aromatic rings. The van der Waals surface area contributed by atoms with Crippen LogP contribution in [0.1, 0.15) is 29.9 Å². The molecule has 2 N–H and O–H groups in total. The van der Waals surface area contributed by atoms with Gasteiger partial charge in [-0.25, -0.2) is 9.78 Å². The van der Waals surface area contributed by atoms with Gasteiger partial charge in [0.15, 0.2) is 5.82 Å². The monoisotopic (exact) mass is 539 g/mol. The molecule has 210 valence electrons. The first-order valence-corrected chi connectivity index (χ1v) is 13.1. The number of aryl methyl sites for hydroxylation is 2. The minimum absolute atomic E-state index is 0.159. The van der Waals surface area contributed by atoms with Crippen LogP contribution in [0.2, 0.25) is 0 Å². The standard InChI is InChI=1S/C28H37N5O6/c1-17-25(24-18(2)32-39-19(24)3)30-26(21-7-6-8-23(13-21)37-16-22(34)14-29-4)31-27(17)38-15-20-9-11-33(12-10-20)28(35)36-5/h6-8,13,20,22,29,34H,9-12,14-16H2,1-5H3. The van der Waals surface area contributed by atoms with Gasteiger partial charge in [-0.2, -0.15) is 4.98 Å². The topological polar surface area (TPSA) is 132 Å². The molecule has 4 rings (SSSR count). The predicted octanol–water partition coefficient (Wildman–Crippen LogP) is 3.54. The summed E-state index contributed by atoms with van der Waals surface area (Å²) in [6.07, 6.45) is 0.723. The number of nitrogens with one attached hydrogen (secondary N) is 1. The summed E-state index contributed by atoms with van der Waals surface area (Å²) in [7, 11) is 3.18. The van der Waals surface area contributed by atoms with Crippen LogP contribution in [0, 0.1) is 26.7 Å². The summed E-state index contributed by atoms with van der Waals surface area (Å²) < 4.78 is 22.4. The maximum absolute atomic E-state index is 11.8. The molecule has 1 saturated heterocycles. The van der Waals surface area contributed by atoms with E-state index in [0.29, 0.717) is 55.1 Å². The van der Waals surface area contributed by atoms with Crippen LogP contribution in [0.5, 0.6) is 11.6 Å². The second kappa shape index (κ2) is 12.9. The average molecular weight is 540 g/mol. The highest BCUT2D eigenvalue weighted by Gasteiger charge is 2.25. The number of benzene rings is 1. The number of aliphatic hydroxyl groups excluding tert-OH is 1. The molecular formula is C28H37N5O6. The van der Waals surface area contributed by atoms with E-state index < -0.39 is 6.10 Å². The SMILES string of the molecule is CNCC(O)COc1cccc(-c2nc(OCC3CCN(C(=O)OC)CC3)c(C)c(-c3c(C)noc3C)n2)c1. The van der Waals surface area contributed by atoms with E-state index in [1.54, 1.807) is 11.9 Å². The largest absolute Gasteiger partial charge is 0.491 e. The van der Waals surface area contributed by atoms with Crippen LogP contribution in [-0.2, 0) is 4.74 Å². The van der Waals surface area contributed by atoms with Gasteiger partial charge < -0.3 is 34.1 Å². The summed E-state index contributed by atoms with van der Waals surface area (Å²) in [5.74, 6) is 2.52. The van der Waals surface area contributed by atoms with E-state index in [-0.39, 0.29) is 18.6 Å². The Hall–Kier alpha value is -3.70. The van der Waals surface area contributed by atoms with E-state index in [0.717, 1.165) is 35.2 Å². The Morgan fingerprint density at radius 3 is 2.64 bits per heavy atom. The molecule has 0 saturated carbocycles. The molecule has 3 heterocycles. The van der Waals surface area contributed by atoms with E-state index in [4.69, 9.17) is 28.7 Å². The quantitative estimate of drug-likeness (QED) is 0.394. The highest BCUT2D eigenvalue weighted by Crippen LogP contribution is 2.35. The van der Waals surface area contributed by atoms with Crippen LogP contribution in [0.3, 0.4) is 0 Å². The van der Waals surface area contributed by atoms with Crippen LogP contribution in [0.25, 0.3) is 22.6 Å². The number of carbonyl (C=O) groups is 1. The number of rotatable bonds is 10. The van der Waals surface area contributed by atoms with Crippen molar-refractivity contribution in [3.05, 3.63) is 41.3 Å². The summed E-state index contributed by atoms with van der Waals surface area (Å²) in [6.45, 7) is 8.01. The second-order valence-corrected chi connectivity index (χ2v) is 9.79. The van der Waals surface area contributed by atoms with Gasteiger partial charge in [-0.05, 0) is 58.7 Å². The van der Waals surface area contributed by atoms with Gasteiger partial charge in [0.25, 0.3) is 0 Å². The molecule has 1 fully saturated rings. The molecule has 2 aromatic heterocycles. The van der Waals surface area contributed by atoms with Gasteiger partial charge in [0.2, 0.25) is 5.88 Å². The van der Waals surface area contributed by atoms with Gasteiger partial charge in [0.05, 0.1) is 30.7 Å². The van der Waals surface area contributed by atoms with Crippen molar-refractivity contribution in [2.45, 2.75) is 39.7 Å². The molecule has 1 amide bonds. The molecule has 1 aliphatic rings. The summed E-state index contributed by atoms with van der Waals surface area (Å²) in [4.78, 5) is 23.2. The molecule has 0 radical (unpaired) electrons. The number of likely N-dealkylation sites (N-methyl/N-ethyl adjacent to an activating group) is 1. The van der Waals surface area contributed by atoms with Crippen molar-refractivity contribution < 1.29 is 28.6 Å². The summed E-state index contributed by atoms with van der Waals surface area (Å²) in [6, 6.07) is 7.45. The Kier molecular flexibility index (Phi) is 9.36. The van der Waals surface area contributed by atoms with Gasteiger partial charge in [0, 0.05) is 30.8 Å². The molecule has 0 aliphatic carbocycles. The zero-order valence-electron chi connectivity index (χ0n) is 23.2. The van der Waals surface area contributed by atoms with E-state index in [1.807, 2.05) is 45.0 Å². The van der Waals surface area contributed by atoms with Crippen LogP contribution in [0.15, 0.2) is 28.8 Å². The number of likely N-dealkylation sites (tertiary alicyclic amines) is 1. The van der Waals surface area contributed by atoms with Gasteiger partial charge in [-0.3, -0.25) is 0 Å². The summed E-state index contributed by atoms with van der Waals surface area (Å²) in [5, 5.41) is 17.1. The Morgan fingerprint density at radius 2 is 1.97 bits per heavy atom. The zero-order valence-corrected chi connectivity index (χ0v) is 23.2. The number of aromatic nitrogens is 3. The van der Waals surface area contributed by atoms with Crippen molar-refractivity contribution in [3.8, 4) is 34.3 Å². The average Bonchev–Trinajstić information content (AvgIpc) is 3.28. The number of ether oxygens (including phenoxy) is 3. The molecule has 39 heavy (non-hydrogen) atoms. The second-order valence-electron chi connectivity index (χ2n) is 9.79. The van der Waals surface area contributed by atoms with Crippen LogP contribution in [0.4, 0.5) is 4.79 Å². The molecule has 1 atom stereocenters. The predicted molar refractivity (Wildman–Crippen MR) is 145 cm³/mol. The molecule has 11 nitrogen and oxygen atoms in total.